The number of nitrogens with zero attached hydrogens (tertiary/aromatic N) is 1. The molecular formula is C12H16N2O6. The minimum absolute atomic E-state index is 0.358. The zero-order valence-electron chi connectivity index (χ0n) is 11.1. The van der Waals surface area contributed by atoms with E-state index in [2.05, 4.69) is 4.98 Å². The van der Waals surface area contributed by atoms with Crippen molar-refractivity contribution in [3.63, 3.8) is 0 Å². The summed E-state index contributed by atoms with van der Waals surface area (Å²) >= 11 is 0. The summed E-state index contributed by atoms with van der Waals surface area (Å²) in [6.45, 7) is 2.80. The van der Waals surface area contributed by atoms with Gasteiger partial charge in [-0.15, -0.1) is 0 Å². The number of H-pyrrole nitrogens is 1. The van der Waals surface area contributed by atoms with Crippen molar-refractivity contribution in [3.05, 3.63) is 32.6 Å². The molecule has 5 atom stereocenters. The van der Waals surface area contributed by atoms with Crippen molar-refractivity contribution in [2.75, 3.05) is 6.61 Å². The number of fused-ring (bicyclic) bond motifs is 2. The fourth-order valence-electron chi connectivity index (χ4n) is 2.97. The maximum absolute atomic E-state index is 11.9. The van der Waals surface area contributed by atoms with Gasteiger partial charge in [0.15, 0.2) is 0 Å². The van der Waals surface area contributed by atoms with E-state index in [1.54, 1.807) is 13.8 Å². The van der Waals surface area contributed by atoms with Gasteiger partial charge in [0.25, 0.3) is 5.56 Å². The van der Waals surface area contributed by atoms with Crippen LogP contribution in [0.2, 0.25) is 0 Å². The molecule has 1 aromatic rings. The minimum atomic E-state index is -1.50. The number of aromatic amines is 1. The van der Waals surface area contributed by atoms with Crippen LogP contribution in [0.4, 0.5) is 0 Å². The van der Waals surface area contributed by atoms with Crippen molar-refractivity contribution >= 4 is 0 Å². The molecule has 0 saturated carbocycles. The largest absolute Gasteiger partial charge is 0.391 e. The molecule has 2 aliphatic rings. The van der Waals surface area contributed by atoms with Crippen molar-refractivity contribution < 1.29 is 19.7 Å². The predicted octanol–water partition coefficient (Wildman–Crippen LogP) is -1.54. The summed E-state index contributed by atoms with van der Waals surface area (Å²) in [6, 6.07) is 0. The third-order valence-electron chi connectivity index (χ3n) is 4.03. The van der Waals surface area contributed by atoms with Crippen LogP contribution in [0.25, 0.3) is 0 Å². The fourth-order valence-corrected chi connectivity index (χ4v) is 2.97. The zero-order chi connectivity index (χ0) is 14.7. The maximum Gasteiger partial charge on any atom is 0.330 e. The summed E-state index contributed by atoms with van der Waals surface area (Å²) in [7, 11) is 0. The lowest BCUT2D eigenvalue weighted by Gasteiger charge is -2.33. The molecule has 0 spiro atoms. The summed E-state index contributed by atoms with van der Waals surface area (Å²) in [5.41, 5.74) is -0.723. The van der Waals surface area contributed by atoms with Gasteiger partial charge in [-0.1, -0.05) is 0 Å². The van der Waals surface area contributed by atoms with Gasteiger partial charge >= 0.3 is 5.69 Å². The molecular weight excluding hydrogens is 268 g/mol. The molecule has 20 heavy (non-hydrogen) atoms. The standard InChI is InChI=1S/C12H16N2O6/c1-5-3-14(11(18)13-9(5)17)10-7-6(2)19-12(4-15,20-10)8(7)16/h3,6-8,10,15-16H,4H2,1-2H3,(H,13,17,18)/t6-,7?,8?,10?,12?/m0/s1. The second kappa shape index (κ2) is 4.26. The van der Waals surface area contributed by atoms with E-state index in [9.17, 15) is 19.8 Å². The summed E-state index contributed by atoms with van der Waals surface area (Å²) in [6.07, 6.45) is -0.817. The number of aryl methyl sites for hydroxylation is 1. The first-order chi connectivity index (χ1) is 9.39. The molecule has 8 heteroatoms. The molecule has 2 bridgehead atoms. The Morgan fingerprint density at radius 2 is 2.15 bits per heavy atom. The van der Waals surface area contributed by atoms with Gasteiger partial charge in [-0.25, -0.2) is 4.79 Å². The van der Waals surface area contributed by atoms with E-state index in [-0.39, 0.29) is 6.10 Å². The van der Waals surface area contributed by atoms with Crippen molar-refractivity contribution in [2.24, 2.45) is 5.92 Å². The number of aliphatic hydroxyl groups excluding tert-OH is 2. The number of aliphatic hydroxyl groups is 2. The minimum Gasteiger partial charge on any atom is -0.391 e. The molecule has 0 amide bonds. The maximum atomic E-state index is 11.9. The second-order valence-corrected chi connectivity index (χ2v) is 5.30. The summed E-state index contributed by atoms with van der Waals surface area (Å²) in [5, 5.41) is 19.6. The molecule has 3 rings (SSSR count). The van der Waals surface area contributed by atoms with Gasteiger partial charge in [-0.2, -0.15) is 0 Å². The average Bonchev–Trinajstić information content (AvgIpc) is 2.81. The molecule has 0 radical (unpaired) electrons. The van der Waals surface area contributed by atoms with Crippen LogP contribution in [0.5, 0.6) is 0 Å². The highest BCUT2D eigenvalue weighted by Gasteiger charge is 2.64. The zero-order valence-corrected chi connectivity index (χ0v) is 11.1. The van der Waals surface area contributed by atoms with E-state index in [0.717, 1.165) is 0 Å². The second-order valence-electron chi connectivity index (χ2n) is 5.30. The first-order valence-corrected chi connectivity index (χ1v) is 6.36. The molecule has 3 N–H and O–H groups in total. The van der Waals surface area contributed by atoms with Crippen LogP contribution in [0, 0.1) is 12.8 Å². The van der Waals surface area contributed by atoms with Gasteiger partial charge in [0.1, 0.15) is 12.3 Å². The van der Waals surface area contributed by atoms with Crippen LogP contribution < -0.4 is 11.2 Å². The first kappa shape index (κ1) is 13.5. The summed E-state index contributed by atoms with van der Waals surface area (Å²) in [5.74, 6) is -2.00. The lowest BCUT2D eigenvalue weighted by atomic mass is 9.97. The first-order valence-electron chi connectivity index (χ1n) is 6.36. The number of ether oxygens (including phenoxy) is 2. The summed E-state index contributed by atoms with van der Waals surface area (Å²) < 4.78 is 12.2. The van der Waals surface area contributed by atoms with Gasteiger partial charge in [0.2, 0.25) is 5.79 Å². The lowest BCUT2D eigenvalue weighted by Crippen LogP contribution is -2.45. The van der Waals surface area contributed by atoms with Gasteiger partial charge in [-0.05, 0) is 13.8 Å². The van der Waals surface area contributed by atoms with E-state index < -0.39 is 41.9 Å². The molecule has 2 fully saturated rings. The van der Waals surface area contributed by atoms with Crippen molar-refractivity contribution in [2.45, 2.75) is 38.1 Å². The normalized spacial score (nSPS) is 39.4. The van der Waals surface area contributed by atoms with Crippen molar-refractivity contribution in [1.29, 1.82) is 0 Å². The van der Waals surface area contributed by atoms with Crippen molar-refractivity contribution in [1.82, 2.24) is 9.55 Å². The van der Waals surface area contributed by atoms with Gasteiger partial charge in [-0.3, -0.25) is 14.3 Å². The van der Waals surface area contributed by atoms with Gasteiger partial charge < -0.3 is 19.7 Å². The van der Waals surface area contributed by atoms with E-state index in [4.69, 9.17) is 9.47 Å². The Morgan fingerprint density at radius 3 is 2.75 bits per heavy atom. The van der Waals surface area contributed by atoms with E-state index in [0.29, 0.717) is 5.56 Å². The molecule has 2 saturated heterocycles. The Labute approximate surface area is 113 Å². The molecule has 3 heterocycles. The molecule has 1 aromatic heterocycles. The highest BCUT2D eigenvalue weighted by atomic mass is 16.8. The average molecular weight is 284 g/mol. The predicted molar refractivity (Wildman–Crippen MR) is 66.0 cm³/mol. The van der Waals surface area contributed by atoms with Crippen LogP contribution in [0.3, 0.4) is 0 Å². The Morgan fingerprint density at radius 1 is 1.45 bits per heavy atom. The van der Waals surface area contributed by atoms with Crippen LogP contribution >= 0.6 is 0 Å². The van der Waals surface area contributed by atoms with Gasteiger partial charge in [0, 0.05) is 11.8 Å². The smallest absolute Gasteiger partial charge is 0.330 e. The van der Waals surface area contributed by atoms with Crippen LogP contribution in [0.1, 0.15) is 18.7 Å². The highest BCUT2D eigenvalue weighted by Crippen LogP contribution is 2.50. The number of hydrogen-bond donors (Lipinski definition) is 3. The third-order valence-corrected chi connectivity index (χ3v) is 4.03. The number of rotatable bonds is 2. The van der Waals surface area contributed by atoms with Gasteiger partial charge in [0.05, 0.1) is 18.6 Å². The number of nitrogens with one attached hydrogen (secondary N) is 1. The topological polar surface area (TPSA) is 114 Å². The van der Waals surface area contributed by atoms with Crippen LogP contribution in [-0.2, 0) is 9.47 Å². The number of aromatic nitrogens is 2. The Bertz CT molecular complexity index is 652. The molecule has 0 aromatic carbocycles. The molecule has 0 aliphatic carbocycles. The molecule has 110 valence electrons. The van der Waals surface area contributed by atoms with E-state index in [1.807, 2.05) is 0 Å². The Hall–Kier alpha value is -1.48. The van der Waals surface area contributed by atoms with E-state index >= 15 is 0 Å². The highest BCUT2D eigenvalue weighted by molar-refractivity contribution is 5.07. The van der Waals surface area contributed by atoms with Crippen molar-refractivity contribution in [3.8, 4) is 0 Å². The SMILES string of the molecule is Cc1cn(C2OC3(CO)O[C@@H](C)C2C3O)c(=O)[nH]c1=O. The Balaban J connectivity index is 2.07. The summed E-state index contributed by atoms with van der Waals surface area (Å²) in [4.78, 5) is 25.5. The molecule has 2 aliphatic heterocycles. The third kappa shape index (κ3) is 1.62. The lowest BCUT2D eigenvalue weighted by molar-refractivity contribution is -0.302. The van der Waals surface area contributed by atoms with Crippen LogP contribution in [-0.4, -0.2) is 44.4 Å². The fraction of sp³-hybridized carbons (Fsp3) is 0.667. The molecule has 4 unspecified atom stereocenters. The molecule has 8 nitrogen and oxygen atoms in total. The van der Waals surface area contributed by atoms with E-state index in [1.165, 1.54) is 10.8 Å². The monoisotopic (exact) mass is 284 g/mol. The Kier molecular flexibility index (Phi) is 2.87. The quantitative estimate of drug-likeness (QED) is 0.606. The number of hydrogen-bond acceptors (Lipinski definition) is 6. The van der Waals surface area contributed by atoms with Crippen LogP contribution in [0.15, 0.2) is 15.8 Å².